The summed E-state index contributed by atoms with van der Waals surface area (Å²) in [5.41, 5.74) is 0. The third-order valence-electron chi connectivity index (χ3n) is 3.52. The Hall–Kier alpha value is -0.610. The predicted molar refractivity (Wildman–Crippen MR) is 57.9 cm³/mol. The topological polar surface area (TPSA) is 43.8 Å². The number of hydrogen-bond acceptors (Lipinski definition) is 3. The average Bonchev–Trinajstić information content (AvgIpc) is 2.92. The monoisotopic (exact) mass is 212 g/mol. The zero-order valence-electron chi connectivity index (χ0n) is 9.35. The Balaban J connectivity index is 1.85. The van der Waals surface area contributed by atoms with Crippen molar-refractivity contribution in [3.8, 4) is 0 Å². The van der Waals surface area contributed by atoms with E-state index < -0.39 is 5.97 Å². The fraction of sp³-hybridized carbons (Fsp3) is 0.909. The number of nitrogens with zero attached hydrogens (tertiary/aromatic N) is 2. The first-order valence-corrected chi connectivity index (χ1v) is 5.83. The molecule has 0 amide bonds. The number of rotatable bonds is 5. The van der Waals surface area contributed by atoms with Gasteiger partial charge >= 0.3 is 5.97 Å². The van der Waals surface area contributed by atoms with E-state index in [4.69, 9.17) is 5.11 Å². The largest absolute Gasteiger partial charge is 0.480 e. The molecule has 0 bridgehead atoms. The minimum atomic E-state index is -0.692. The molecule has 0 unspecified atom stereocenters. The van der Waals surface area contributed by atoms with Gasteiger partial charge in [0.2, 0.25) is 0 Å². The van der Waals surface area contributed by atoms with Crippen LogP contribution in [0.25, 0.3) is 0 Å². The summed E-state index contributed by atoms with van der Waals surface area (Å²) in [7, 11) is 2.14. The summed E-state index contributed by atoms with van der Waals surface area (Å²) in [6, 6.07) is 1.13. The smallest absolute Gasteiger partial charge is 0.317 e. The molecular weight excluding hydrogens is 192 g/mol. The highest BCUT2D eigenvalue weighted by molar-refractivity contribution is 5.69. The summed E-state index contributed by atoms with van der Waals surface area (Å²) in [6.45, 7) is 2.32. The summed E-state index contributed by atoms with van der Waals surface area (Å²) in [6.07, 6.45) is 4.85. The molecule has 0 aromatic rings. The van der Waals surface area contributed by atoms with Gasteiger partial charge in [-0.1, -0.05) is 0 Å². The maximum Gasteiger partial charge on any atom is 0.317 e. The number of likely N-dealkylation sites (N-methyl/N-ethyl adjacent to an activating group) is 1. The second-order valence-corrected chi connectivity index (χ2v) is 4.83. The SMILES string of the molecule is CN1CCC[C@@H]1CN(CC(=O)O)C1CC1. The van der Waals surface area contributed by atoms with E-state index in [1.54, 1.807) is 0 Å². The molecule has 0 radical (unpaired) electrons. The van der Waals surface area contributed by atoms with E-state index >= 15 is 0 Å². The van der Waals surface area contributed by atoms with Crippen LogP contribution < -0.4 is 0 Å². The standard InChI is InChI=1S/C11H20N2O2/c1-12-6-2-3-10(12)7-13(8-11(14)15)9-4-5-9/h9-10H,2-8H2,1H3,(H,14,15)/t10-/m1/s1. The van der Waals surface area contributed by atoms with Gasteiger partial charge in [-0.25, -0.2) is 0 Å². The van der Waals surface area contributed by atoms with Gasteiger partial charge in [0.1, 0.15) is 0 Å². The van der Waals surface area contributed by atoms with Crippen molar-refractivity contribution in [2.45, 2.75) is 37.8 Å². The highest BCUT2D eigenvalue weighted by Gasteiger charge is 2.33. The van der Waals surface area contributed by atoms with Gasteiger partial charge in [0.25, 0.3) is 0 Å². The summed E-state index contributed by atoms with van der Waals surface area (Å²) in [4.78, 5) is 15.2. The lowest BCUT2D eigenvalue weighted by Gasteiger charge is -2.27. The van der Waals surface area contributed by atoms with Crippen LogP contribution in [0.1, 0.15) is 25.7 Å². The first kappa shape index (κ1) is 10.9. The normalized spacial score (nSPS) is 27.5. The fourth-order valence-electron chi connectivity index (χ4n) is 2.44. The lowest BCUT2D eigenvalue weighted by molar-refractivity contribution is -0.138. The minimum absolute atomic E-state index is 0.217. The quantitative estimate of drug-likeness (QED) is 0.726. The van der Waals surface area contributed by atoms with E-state index in [0.717, 1.165) is 13.1 Å². The van der Waals surface area contributed by atoms with E-state index in [1.807, 2.05) is 0 Å². The maximum atomic E-state index is 10.7. The molecule has 15 heavy (non-hydrogen) atoms. The first-order valence-electron chi connectivity index (χ1n) is 5.83. The second kappa shape index (κ2) is 4.49. The molecule has 1 heterocycles. The van der Waals surface area contributed by atoms with Crippen molar-refractivity contribution in [3.63, 3.8) is 0 Å². The Morgan fingerprint density at radius 3 is 2.67 bits per heavy atom. The Labute approximate surface area is 90.9 Å². The molecule has 0 aromatic heterocycles. The highest BCUT2D eigenvalue weighted by atomic mass is 16.4. The lowest BCUT2D eigenvalue weighted by Crippen LogP contribution is -2.42. The molecule has 1 saturated carbocycles. The maximum absolute atomic E-state index is 10.7. The zero-order valence-corrected chi connectivity index (χ0v) is 9.35. The summed E-state index contributed by atoms with van der Waals surface area (Å²) < 4.78 is 0. The highest BCUT2D eigenvalue weighted by Crippen LogP contribution is 2.28. The van der Waals surface area contributed by atoms with Gasteiger partial charge in [0.05, 0.1) is 6.54 Å². The van der Waals surface area contributed by atoms with Gasteiger partial charge in [0.15, 0.2) is 0 Å². The first-order chi connectivity index (χ1) is 7.16. The molecule has 1 atom stereocenters. The number of likely N-dealkylation sites (tertiary alicyclic amines) is 1. The van der Waals surface area contributed by atoms with Crippen LogP contribution in [0.5, 0.6) is 0 Å². The van der Waals surface area contributed by atoms with Crippen molar-refractivity contribution < 1.29 is 9.90 Å². The summed E-state index contributed by atoms with van der Waals surface area (Å²) in [5.74, 6) is -0.692. The summed E-state index contributed by atoms with van der Waals surface area (Å²) >= 11 is 0. The number of carbonyl (C=O) groups is 1. The molecule has 4 nitrogen and oxygen atoms in total. The molecular formula is C11H20N2O2. The summed E-state index contributed by atoms with van der Waals surface area (Å²) in [5, 5.41) is 8.85. The third kappa shape index (κ3) is 2.92. The molecule has 1 N–H and O–H groups in total. The number of carboxylic acids is 1. The Morgan fingerprint density at radius 1 is 1.47 bits per heavy atom. The molecule has 1 saturated heterocycles. The van der Waals surface area contributed by atoms with Crippen LogP contribution in [-0.2, 0) is 4.79 Å². The van der Waals surface area contributed by atoms with Gasteiger partial charge in [-0.2, -0.15) is 0 Å². The van der Waals surface area contributed by atoms with Gasteiger partial charge in [-0.05, 0) is 39.3 Å². The van der Waals surface area contributed by atoms with Crippen LogP contribution >= 0.6 is 0 Å². The Morgan fingerprint density at radius 2 is 2.20 bits per heavy atom. The van der Waals surface area contributed by atoms with E-state index in [9.17, 15) is 4.79 Å². The van der Waals surface area contributed by atoms with Crippen LogP contribution in [0.2, 0.25) is 0 Å². The molecule has 0 aromatic carbocycles. The van der Waals surface area contributed by atoms with Crippen LogP contribution in [0.15, 0.2) is 0 Å². The van der Waals surface area contributed by atoms with Crippen LogP contribution in [0, 0.1) is 0 Å². The minimum Gasteiger partial charge on any atom is -0.480 e. The van der Waals surface area contributed by atoms with Crippen molar-refractivity contribution in [2.24, 2.45) is 0 Å². The number of carboxylic acid groups (broad SMARTS) is 1. The van der Waals surface area contributed by atoms with E-state index in [2.05, 4.69) is 16.8 Å². The molecule has 0 spiro atoms. The zero-order chi connectivity index (χ0) is 10.8. The average molecular weight is 212 g/mol. The number of hydrogen-bond donors (Lipinski definition) is 1. The predicted octanol–water partition coefficient (Wildman–Crippen LogP) is 0.630. The lowest BCUT2D eigenvalue weighted by atomic mass is 10.2. The van der Waals surface area contributed by atoms with Crippen molar-refractivity contribution >= 4 is 5.97 Å². The number of aliphatic carboxylic acids is 1. The van der Waals surface area contributed by atoms with Gasteiger partial charge in [-0.3, -0.25) is 9.69 Å². The Kier molecular flexibility index (Phi) is 3.26. The Bertz CT molecular complexity index is 241. The van der Waals surface area contributed by atoms with Crippen LogP contribution in [0.4, 0.5) is 0 Å². The van der Waals surface area contributed by atoms with E-state index in [0.29, 0.717) is 12.1 Å². The van der Waals surface area contributed by atoms with Gasteiger partial charge in [-0.15, -0.1) is 0 Å². The molecule has 86 valence electrons. The van der Waals surface area contributed by atoms with Crippen LogP contribution in [-0.4, -0.2) is 59.6 Å². The second-order valence-electron chi connectivity index (χ2n) is 4.83. The van der Waals surface area contributed by atoms with Gasteiger partial charge < -0.3 is 10.0 Å². The molecule has 4 heteroatoms. The molecule has 1 aliphatic carbocycles. The third-order valence-corrected chi connectivity index (χ3v) is 3.52. The van der Waals surface area contributed by atoms with E-state index in [-0.39, 0.29) is 6.54 Å². The van der Waals surface area contributed by atoms with Crippen LogP contribution in [0.3, 0.4) is 0 Å². The van der Waals surface area contributed by atoms with Crippen molar-refractivity contribution in [1.29, 1.82) is 0 Å². The van der Waals surface area contributed by atoms with Crippen molar-refractivity contribution in [1.82, 2.24) is 9.80 Å². The fourth-order valence-corrected chi connectivity index (χ4v) is 2.44. The van der Waals surface area contributed by atoms with Crippen molar-refractivity contribution in [3.05, 3.63) is 0 Å². The molecule has 2 fully saturated rings. The van der Waals surface area contributed by atoms with Crippen molar-refractivity contribution in [2.75, 3.05) is 26.7 Å². The molecule has 1 aliphatic heterocycles. The van der Waals surface area contributed by atoms with E-state index in [1.165, 1.54) is 25.7 Å². The molecule has 2 aliphatic rings. The van der Waals surface area contributed by atoms with Gasteiger partial charge in [0, 0.05) is 18.6 Å². The molecule has 2 rings (SSSR count).